The van der Waals surface area contributed by atoms with Gasteiger partial charge < -0.3 is 4.52 Å². The van der Waals surface area contributed by atoms with Gasteiger partial charge in [-0.1, -0.05) is 17.3 Å². The van der Waals surface area contributed by atoms with Crippen molar-refractivity contribution in [1.82, 2.24) is 9.88 Å². The lowest BCUT2D eigenvalue weighted by atomic mass is 10.2. The van der Waals surface area contributed by atoms with Gasteiger partial charge in [-0.2, -0.15) is 0 Å². The third-order valence-corrected chi connectivity index (χ3v) is 3.72. The second-order valence-corrected chi connectivity index (χ2v) is 5.94. The molecule has 0 saturated heterocycles. The first-order valence-electron chi connectivity index (χ1n) is 5.58. The molecule has 1 heterocycles. The van der Waals surface area contributed by atoms with Gasteiger partial charge in [-0.15, -0.1) is 0 Å². The number of rotatable bonds is 5. The fourth-order valence-corrected chi connectivity index (χ4v) is 2.64. The second kappa shape index (κ2) is 5.50. The molecule has 0 amide bonds. The summed E-state index contributed by atoms with van der Waals surface area (Å²) in [6.07, 6.45) is 0. The molecule has 1 aromatic heterocycles. The Hall–Kier alpha value is -1.73. The molecule has 0 radical (unpaired) electrons. The third kappa shape index (κ3) is 4.15. The van der Waals surface area contributed by atoms with Crippen molar-refractivity contribution in [3.63, 3.8) is 0 Å². The Labute approximate surface area is 110 Å². The van der Waals surface area contributed by atoms with E-state index in [4.69, 9.17) is 4.52 Å². The highest BCUT2D eigenvalue weighted by Crippen LogP contribution is 2.08. The first kappa shape index (κ1) is 13.7. The summed E-state index contributed by atoms with van der Waals surface area (Å²) >= 11 is 0. The molecular formula is C12H13FN2O3S. The van der Waals surface area contributed by atoms with Crippen molar-refractivity contribution >= 4 is 10.0 Å². The number of halogens is 1. The Balaban J connectivity index is 1.97. The van der Waals surface area contributed by atoms with Gasteiger partial charge in [-0.3, -0.25) is 0 Å². The smallest absolute Gasteiger partial charge is 0.216 e. The number of aryl methyl sites for hydroxylation is 1. The lowest BCUT2D eigenvalue weighted by Gasteiger charge is -2.05. The molecule has 0 bridgehead atoms. The van der Waals surface area contributed by atoms with E-state index in [-0.39, 0.29) is 12.3 Å². The topological polar surface area (TPSA) is 72.2 Å². The van der Waals surface area contributed by atoms with Gasteiger partial charge in [0.25, 0.3) is 0 Å². The molecule has 0 saturated carbocycles. The third-order valence-electron chi connectivity index (χ3n) is 2.42. The fourth-order valence-electron chi connectivity index (χ4n) is 1.54. The molecule has 0 fully saturated rings. The molecule has 1 aromatic carbocycles. The van der Waals surface area contributed by atoms with E-state index in [1.807, 2.05) is 0 Å². The molecular weight excluding hydrogens is 271 g/mol. The Bertz CT molecular complexity index is 650. The quantitative estimate of drug-likeness (QED) is 0.907. The summed E-state index contributed by atoms with van der Waals surface area (Å²) in [5.74, 6) is 0.0179. The number of hydrogen-bond acceptors (Lipinski definition) is 4. The van der Waals surface area contributed by atoms with Crippen molar-refractivity contribution in [2.24, 2.45) is 0 Å². The summed E-state index contributed by atoms with van der Waals surface area (Å²) < 4.78 is 43.6. The average Bonchev–Trinajstić information content (AvgIpc) is 2.76. The molecule has 0 unspecified atom stereocenters. The van der Waals surface area contributed by atoms with E-state index in [1.54, 1.807) is 13.0 Å². The maximum Gasteiger partial charge on any atom is 0.216 e. The summed E-state index contributed by atoms with van der Waals surface area (Å²) in [5, 5.41) is 3.69. The zero-order chi connectivity index (χ0) is 13.9. The van der Waals surface area contributed by atoms with E-state index in [0.29, 0.717) is 17.0 Å². The number of aromatic nitrogens is 1. The van der Waals surface area contributed by atoms with E-state index in [2.05, 4.69) is 9.88 Å². The molecule has 0 spiro atoms. The lowest BCUT2D eigenvalue weighted by Crippen LogP contribution is -2.24. The number of nitrogens with zero attached hydrogens (tertiary/aromatic N) is 1. The monoisotopic (exact) mass is 284 g/mol. The molecule has 0 aliphatic carbocycles. The fraction of sp³-hybridized carbons (Fsp3) is 0.250. The minimum Gasteiger partial charge on any atom is -0.361 e. The second-order valence-electron chi connectivity index (χ2n) is 4.14. The van der Waals surface area contributed by atoms with Gasteiger partial charge >= 0.3 is 0 Å². The van der Waals surface area contributed by atoms with Crippen LogP contribution in [0.25, 0.3) is 0 Å². The van der Waals surface area contributed by atoms with E-state index in [9.17, 15) is 12.8 Å². The molecule has 0 aliphatic rings. The van der Waals surface area contributed by atoms with Gasteiger partial charge in [0.1, 0.15) is 11.6 Å². The van der Waals surface area contributed by atoms with Gasteiger partial charge in [0.2, 0.25) is 10.0 Å². The first-order valence-corrected chi connectivity index (χ1v) is 7.24. The van der Waals surface area contributed by atoms with Crippen LogP contribution >= 0.6 is 0 Å². The number of sulfonamides is 1. The van der Waals surface area contributed by atoms with Crippen molar-refractivity contribution in [2.75, 3.05) is 0 Å². The summed E-state index contributed by atoms with van der Waals surface area (Å²) in [7, 11) is -3.49. The largest absolute Gasteiger partial charge is 0.361 e. The number of nitrogens with one attached hydrogen (secondary N) is 1. The molecule has 5 nitrogen and oxygen atoms in total. The van der Waals surface area contributed by atoms with Crippen molar-refractivity contribution in [3.8, 4) is 0 Å². The van der Waals surface area contributed by atoms with Gasteiger partial charge in [0.15, 0.2) is 0 Å². The van der Waals surface area contributed by atoms with Crippen LogP contribution in [0.3, 0.4) is 0 Å². The normalized spacial score (nSPS) is 11.7. The molecule has 7 heteroatoms. The van der Waals surface area contributed by atoms with E-state index in [0.717, 1.165) is 0 Å². The highest BCUT2D eigenvalue weighted by atomic mass is 32.2. The lowest BCUT2D eigenvalue weighted by molar-refractivity contribution is 0.390. The SMILES string of the molecule is Cc1cc(CNS(=O)(=O)Cc2ccc(F)cc2)no1. The van der Waals surface area contributed by atoms with Crippen molar-refractivity contribution in [3.05, 3.63) is 53.2 Å². The van der Waals surface area contributed by atoms with Crippen LogP contribution in [0.4, 0.5) is 4.39 Å². The van der Waals surface area contributed by atoms with Crippen molar-refractivity contribution in [2.45, 2.75) is 19.2 Å². The molecule has 19 heavy (non-hydrogen) atoms. The summed E-state index contributed by atoms with van der Waals surface area (Å²) in [4.78, 5) is 0. The van der Waals surface area contributed by atoms with Crippen LogP contribution in [-0.4, -0.2) is 13.6 Å². The molecule has 0 atom stereocenters. The maximum absolute atomic E-state index is 12.7. The van der Waals surface area contributed by atoms with Gasteiger partial charge in [-0.25, -0.2) is 17.5 Å². The summed E-state index contributed by atoms with van der Waals surface area (Å²) in [6.45, 7) is 1.80. The number of hydrogen-bond donors (Lipinski definition) is 1. The highest BCUT2D eigenvalue weighted by molar-refractivity contribution is 7.88. The Morgan fingerprint density at radius 1 is 1.32 bits per heavy atom. The molecule has 102 valence electrons. The van der Waals surface area contributed by atoms with E-state index >= 15 is 0 Å². The Morgan fingerprint density at radius 3 is 2.58 bits per heavy atom. The van der Waals surface area contributed by atoms with Crippen LogP contribution in [0.2, 0.25) is 0 Å². The van der Waals surface area contributed by atoms with Crippen LogP contribution in [0.1, 0.15) is 17.0 Å². The summed E-state index contributed by atoms with van der Waals surface area (Å²) in [5.41, 5.74) is 1.03. The summed E-state index contributed by atoms with van der Waals surface area (Å²) in [6, 6.07) is 6.99. The molecule has 2 rings (SSSR count). The van der Waals surface area contributed by atoms with Gasteiger partial charge in [0, 0.05) is 6.07 Å². The molecule has 2 aromatic rings. The molecule has 1 N–H and O–H groups in total. The van der Waals surface area contributed by atoms with Crippen LogP contribution in [0, 0.1) is 12.7 Å². The standard InChI is InChI=1S/C12H13FN2O3S/c1-9-6-12(15-18-9)7-14-19(16,17)8-10-2-4-11(13)5-3-10/h2-6,14H,7-8H2,1H3. The van der Waals surface area contributed by atoms with Crippen LogP contribution < -0.4 is 4.72 Å². The number of benzene rings is 1. The average molecular weight is 284 g/mol. The Morgan fingerprint density at radius 2 is 2.00 bits per heavy atom. The van der Waals surface area contributed by atoms with Crippen LogP contribution in [0.5, 0.6) is 0 Å². The Kier molecular flexibility index (Phi) is 3.96. The van der Waals surface area contributed by atoms with Crippen molar-refractivity contribution < 1.29 is 17.3 Å². The minimum absolute atomic E-state index is 0.0703. The van der Waals surface area contributed by atoms with Crippen LogP contribution in [0.15, 0.2) is 34.9 Å². The highest BCUT2D eigenvalue weighted by Gasteiger charge is 2.12. The predicted molar refractivity (Wildman–Crippen MR) is 67.1 cm³/mol. The predicted octanol–water partition coefficient (Wildman–Crippen LogP) is 1.74. The van der Waals surface area contributed by atoms with Crippen molar-refractivity contribution in [1.29, 1.82) is 0 Å². The first-order chi connectivity index (χ1) is 8.94. The van der Waals surface area contributed by atoms with E-state index in [1.165, 1.54) is 24.3 Å². The maximum atomic E-state index is 12.7. The molecule has 0 aliphatic heterocycles. The minimum atomic E-state index is -3.49. The zero-order valence-electron chi connectivity index (χ0n) is 10.3. The van der Waals surface area contributed by atoms with Crippen LogP contribution in [-0.2, 0) is 22.3 Å². The van der Waals surface area contributed by atoms with E-state index < -0.39 is 15.8 Å². The van der Waals surface area contributed by atoms with Gasteiger partial charge in [0.05, 0.1) is 18.0 Å². The van der Waals surface area contributed by atoms with Gasteiger partial charge in [-0.05, 0) is 24.6 Å². The zero-order valence-corrected chi connectivity index (χ0v) is 11.1.